The molecular weight excluding hydrogens is 517 g/mol. The van der Waals surface area contributed by atoms with E-state index in [2.05, 4.69) is 5.32 Å². The average molecular weight is 542 g/mol. The third kappa shape index (κ3) is 4.28. The smallest absolute Gasteiger partial charge is 0.350 e. The molecule has 8 nitrogen and oxygen atoms in total. The Morgan fingerprint density at radius 1 is 1.08 bits per heavy atom. The van der Waals surface area contributed by atoms with Gasteiger partial charge in [-0.3, -0.25) is 0 Å². The Kier molecular flexibility index (Phi) is 6.24. The molecule has 5 aromatic rings. The van der Waals surface area contributed by atoms with Crippen LogP contribution in [0.25, 0.3) is 11.5 Å². The molecule has 1 aliphatic rings. The molecule has 1 N–H and O–H groups in total. The van der Waals surface area contributed by atoms with Gasteiger partial charge in [0.15, 0.2) is 0 Å². The fourth-order valence-corrected chi connectivity index (χ4v) is 5.79. The molecule has 2 amide bonds. The zero-order chi connectivity index (χ0) is 27.1. The number of nitrogens with one attached hydrogen (secondary N) is 1. The molecule has 1 atom stereocenters. The highest BCUT2D eigenvalue weighted by molar-refractivity contribution is 7.12. The third-order valence-electron chi connectivity index (χ3n) is 6.79. The Morgan fingerprint density at radius 3 is 2.67 bits per heavy atom. The summed E-state index contributed by atoms with van der Waals surface area (Å²) in [6.45, 7) is 2.11. The van der Waals surface area contributed by atoms with Gasteiger partial charge in [0.2, 0.25) is 0 Å². The standard InChI is InChI=1S/C29H24FN5O3S/c1-18-22-17-34(29(37)31-23-13-15-39-26(23)28(36)38-2)25(19-8-6-9-20(30)16-19)24-12-7-14-33(24)27(22)35(32-18)21-10-4-3-5-11-21/h3-16,25H,17H2,1-2H3,(H,31,37)/t25-/m1/s1. The fourth-order valence-electron chi connectivity index (χ4n) is 5.02. The Labute approximate surface area is 227 Å². The molecule has 0 spiro atoms. The number of ether oxygens (including phenoxy) is 1. The van der Waals surface area contributed by atoms with E-state index in [1.54, 1.807) is 22.4 Å². The van der Waals surface area contributed by atoms with Crippen LogP contribution in [0.1, 0.15) is 38.2 Å². The number of carbonyl (C=O) groups excluding carboxylic acids is 2. The number of amides is 2. The molecule has 1 aliphatic heterocycles. The second-order valence-electron chi connectivity index (χ2n) is 9.11. The Morgan fingerprint density at radius 2 is 1.90 bits per heavy atom. The zero-order valence-electron chi connectivity index (χ0n) is 21.2. The van der Waals surface area contributed by atoms with Gasteiger partial charge in [0.05, 0.1) is 42.5 Å². The third-order valence-corrected chi connectivity index (χ3v) is 7.68. The van der Waals surface area contributed by atoms with Gasteiger partial charge in [0, 0.05) is 11.8 Å². The first kappa shape index (κ1) is 24.6. The number of anilines is 1. The molecule has 4 heterocycles. The van der Waals surface area contributed by atoms with E-state index in [0.29, 0.717) is 16.1 Å². The summed E-state index contributed by atoms with van der Waals surface area (Å²) in [5.41, 5.74) is 4.23. The second-order valence-corrected chi connectivity index (χ2v) is 10.0. The molecular formula is C29H24FN5O3S. The highest BCUT2D eigenvalue weighted by atomic mass is 32.1. The van der Waals surface area contributed by atoms with Crippen LogP contribution in [0.5, 0.6) is 0 Å². The number of para-hydroxylation sites is 1. The van der Waals surface area contributed by atoms with Crippen molar-refractivity contribution < 1.29 is 18.7 Å². The summed E-state index contributed by atoms with van der Waals surface area (Å²) in [6, 6.07) is 20.5. The average Bonchev–Trinajstić information content (AvgIpc) is 3.66. The maximum atomic E-state index is 14.5. The van der Waals surface area contributed by atoms with Gasteiger partial charge in [-0.15, -0.1) is 11.3 Å². The number of urea groups is 1. The van der Waals surface area contributed by atoms with Crippen LogP contribution in [0, 0.1) is 12.7 Å². The molecule has 0 saturated carbocycles. The number of aromatic nitrogens is 3. The largest absolute Gasteiger partial charge is 0.465 e. The molecule has 0 saturated heterocycles. The van der Waals surface area contributed by atoms with Crippen molar-refractivity contribution in [3.05, 3.63) is 118 Å². The van der Waals surface area contributed by atoms with Crippen molar-refractivity contribution in [2.45, 2.75) is 19.5 Å². The predicted molar refractivity (Wildman–Crippen MR) is 146 cm³/mol. The number of nitrogens with zero attached hydrogens (tertiary/aromatic N) is 4. The quantitative estimate of drug-likeness (QED) is 0.279. The number of hydrogen-bond donors (Lipinski definition) is 1. The number of halogens is 1. The van der Waals surface area contributed by atoms with Gasteiger partial charge in [-0.25, -0.2) is 18.7 Å². The van der Waals surface area contributed by atoms with E-state index in [0.717, 1.165) is 28.5 Å². The van der Waals surface area contributed by atoms with E-state index in [1.807, 2.05) is 70.9 Å². The number of fused-ring (bicyclic) bond motifs is 3. The van der Waals surface area contributed by atoms with Crippen LogP contribution < -0.4 is 5.32 Å². The Balaban J connectivity index is 1.52. The van der Waals surface area contributed by atoms with Gasteiger partial charge < -0.3 is 19.5 Å². The predicted octanol–water partition coefficient (Wildman–Crippen LogP) is 6.10. The van der Waals surface area contributed by atoms with E-state index in [-0.39, 0.29) is 6.54 Å². The molecule has 0 fully saturated rings. The number of esters is 1. The first-order valence-corrected chi connectivity index (χ1v) is 13.1. The van der Waals surface area contributed by atoms with Gasteiger partial charge in [-0.1, -0.05) is 30.3 Å². The lowest BCUT2D eigenvalue weighted by Gasteiger charge is -2.31. The zero-order valence-corrected chi connectivity index (χ0v) is 22.0. The first-order valence-electron chi connectivity index (χ1n) is 12.3. The number of aryl methyl sites for hydroxylation is 1. The number of hydrogen-bond acceptors (Lipinski definition) is 5. The van der Waals surface area contributed by atoms with E-state index < -0.39 is 23.9 Å². The maximum Gasteiger partial charge on any atom is 0.350 e. The lowest BCUT2D eigenvalue weighted by molar-refractivity contribution is 0.0607. The monoisotopic (exact) mass is 541 g/mol. The van der Waals surface area contributed by atoms with Gasteiger partial charge in [0.25, 0.3) is 0 Å². The van der Waals surface area contributed by atoms with Gasteiger partial charge >= 0.3 is 12.0 Å². The summed E-state index contributed by atoms with van der Waals surface area (Å²) in [7, 11) is 1.30. The normalized spacial score (nSPS) is 14.3. The van der Waals surface area contributed by atoms with Crippen molar-refractivity contribution in [1.29, 1.82) is 0 Å². The van der Waals surface area contributed by atoms with E-state index >= 15 is 0 Å². The first-order chi connectivity index (χ1) is 19.0. The van der Waals surface area contributed by atoms with Crippen molar-refractivity contribution in [2.75, 3.05) is 12.4 Å². The number of thiophene rings is 1. The maximum absolute atomic E-state index is 14.5. The molecule has 3 aromatic heterocycles. The van der Waals surface area contributed by atoms with E-state index in [1.165, 1.54) is 30.6 Å². The van der Waals surface area contributed by atoms with Crippen LogP contribution >= 0.6 is 11.3 Å². The number of carbonyl (C=O) groups is 2. The highest BCUT2D eigenvalue weighted by Gasteiger charge is 2.36. The molecule has 6 rings (SSSR count). The molecule has 0 bridgehead atoms. The topological polar surface area (TPSA) is 81.4 Å². The molecule has 0 aliphatic carbocycles. The molecule has 196 valence electrons. The molecule has 2 aromatic carbocycles. The van der Waals surface area contributed by atoms with E-state index in [4.69, 9.17) is 9.84 Å². The summed E-state index contributed by atoms with van der Waals surface area (Å²) in [6.07, 6.45) is 1.93. The van der Waals surface area contributed by atoms with Crippen LogP contribution in [0.2, 0.25) is 0 Å². The summed E-state index contributed by atoms with van der Waals surface area (Å²) < 4.78 is 23.3. The van der Waals surface area contributed by atoms with Crippen LogP contribution in [0.15, 0.2) is 84.4 Å². The summed E-state index contributed by atoms with van der Waals surface area (Å²) in [4.78, 5) is 28.2. The lowest BCUT2D eigenvalue weighted by atomic mass is 10.0. The van der Waals surface area contributed by atoms with Crippen molar-refractivity contribution in [2.24, 2.45) is 0 Å². The van der Waals surface area contributed by atoms with E-state index in [9.17, 15) is 14.0 Å². The van der Waals surface area contributed by atoms with Crippen LogP contribution in [0.4, 0.5) is 14.9 Å². The van der Waals surface area contributed by atoms with Crippen LogP contribution in [-0.4, -0.2) is 38.4 Å². The van der Waals surface area contributed by atoms with Gasteiger partial charge in [0.1, 0.15) is 16.5 Å². The van der Waals surface area contributed by atoms with Crippen molar-refractivity contribution in [3.63, 3.8) is 0 Å². The second kappa shape index (κ2) is 9.88. The van der Waals surface area contributed by atoms with Gasteiger partial charge in [-0.2, -0.15) is 5.10 Å². The minimum absolute atomic E-state index is 0.195. The minimum Gasteiger partial charge on any atom is -0.465 e. The van der Waals surface area contributed by atoms with Crippen LogP contribution in [0.3, 0.4) is 0 Å². The van der Waals surface area contributed by atoms with Crippen molar-refractivity contribution in [3.8, 4) is 11.5 Å². The number of methoxy groups -OCH3 is 1. The van der Waals surface area contributed by atoms with Gasteiger partial charge in [-0.05, 0) is 60.3 Å². The Bertz CT molecular complexity index is 1690. The summed E-state index contributed by atoms with van der Waals surface area (Å²) in [5.74, 6) is -0.125. The molecule has 0 unspecified atom stereocenters. The lowest BCUT2D eigenvalue weighted by Crippen LogP contribution is -2.38. The fraction of sp³-hybridized carbons (Fsp3) is 0.138. The summed E-state index contributed by atoms with van der Waals surface area (Å²) in [5, 5.41) is 9.44. The SMILES string of the molecule is COC(=O)c1sccc1NC(=O)N1Cc2c(C)nn(-c3ccccc3)c2-n2cccc2[C@H]1c1cccc(F)c1. The Hall–Kier alpha value is -4.70. The van der Waals surface area contributed by atoms with Crippen molar-refractivity contribution >= 4 is 29.0 Å². The minimum atomic E-state index is -0.632. The number of rotatable bonds is 4. The van der Waals surface area contributed by atoms with Crippen molar-refractivity contribution in [1.82, 2.24) is 19.2 Å². The molecule has 10 heteroatoms. The highest BCUT2D eigenvalue weighted by Crippen LogP contribution is 2.39. The molecule has 0 radical (unpaired) electrons. The van der Waals surface area contributed by atoms with Crippen LogP contribution in [-0.2, 0) is 11.3 Å². The molecule has 39 heavy (non-hydrogen) atoms. The number of benzene rings is 2. The summed E-state index contributed by atoms with van der Waals surface area (Å²) >= 11 is 1.18.